The molecule has 4 nitrogen and oxygen atoms in total. The van der Waals surface area contributed by atoms with Gasteiger partial charge in [0.25, 0.3) is 5.91 Å². The third kappa shape index (κ3) is 3.44. The quantitative estimate of drug-likeness (QED) is 0.912. The van der Waals surface area contributed by atoms with Crippen LogP contribution in [0, 0.1) is 0 Å². The van der Waals surface area contributed by atoms with Crippen molar-refractivity contribution in [3.63, 3.8) is 0 Å². The van der Waals surface area contributed by atoms with Crippen LogP contribution in [0.15, 0.2) is 18.2 Å². The number of methoxy groups -OCH3 is 1. The van der Waals surface area contributed by atoms with Gasteiger partial charge < -0.3 is 15.0 Å². The molecule has 1 aromatic carbocycles. The van der Waals surface area contributed by atoms with Crippen LogP contribution < -0.4 is 10.1 Å². The molecule has 1 saturated heterocycles. The molecule has 0 radical (unpaired) electrons. The maximum absolute atomic E-state index is 12.7. The molecule has 0 spiro atoms. The van der Waals surface area contributed by atoms with Gasteiger partial charge in [0.05, 0.1) is 12.7 Å². The molecule has 0 unspecified atom stereocenters. The van der Waals surface area contributed by atoms with E-state index in [0.717, 1.165) is 19.5 Å². The summed E-state index contributed by atoms with van der Waals surface area (Å²) in [5.74, 6) is 0.538. The van der Waals surface area contributed by atoms with E-state index in [-0.39, 0.29) is 11.4 Å². The Hall–Kier alpha value is -1.26. The fraction of sp³-hybridized carbons (Fsp3) is 0.533. The Labute approximate surface area is 125 Å². The van der Waals surface area contributed by atoms with Crippen molar-refractivity contribution in [2.45, 2.75) is 25.8 Å². The number of hydrogen-bond acceptors (Lipinski definition) is 3. The van der Waals surface area contributed by atoms with Crippen LogP contribution in [-0.4, -0.2) is 43.1 Å². The van der Waals surface area contributed by atoms with Gasteiger partial charge in [-0.3, -0.25) is 4.79 Å². The van der Waals surface area contributed by atoms with Crippen LogP contribution in [0.3, 0.4) is 0 Å². The molecule has 5 heteroatoms. The predicted octanol–water partition coefficient (Wildman–Crippen LogP) is 2.56. The van der Waals surface area contributed by atoms with E-state index in [2.05, 4.69) is 19.2 Å². The fourth-order valence-electron chi connectivity index (χ4n) is 2.50. The van der Waals surface area contributed by atoms with Gasteiger partial charge in [-0.05, 0) is 45.0 Å². The Kier molecular flexibility index (Phi) is 4.55. The van der Waals surface area contributed by atoms with Gasteiger partial charge in [0.15, 0.2) is 0 Å². The molecule has 0 atom stereocenters. The molecular weight excluding hydrogens is 276 g/mol. The van der Waals surface area contributed by atoms with E-state index in [4.69, 9.17) is 16.3 Å². The average Bonchev–Trinajstić information content (AvgIpc) is 2.58. The van der Waals surface area contributed by atoms with Gasteiger partial charge in [-0.1, -0.05) is 11.6 Å². The van der Waals surface area contributed by atoms with Crippen LogP contribution in [0.5, 0.6) is 5.75 Å². The number of amides is 1. The van der Waals surface area contributed by atoms with Gasteiger partial charge in [0.2, 0.25) is 0 Å². The van der Waals surface area contributed by atoms with Crippen molar-refractivity contribution >= 4 is 17.5 Å². The van der Waals surface area contributed by atoms with E-state index in [9.17, 15) is 4.79 Å². The number of hydrogen-bond donors (Lipinski definition) is 1. The summed E-state index contributed by atoms with van der Waals surface area (Å²) in [7, 11) is 1.56. The minimum atomic E-state index is -0.0853. The third-order valence-electron chi connectivity index (χ3n) is 3.47. The summed E-state index contributed by atoms with van der Waals surface area (Å²) >= 11 is 6.01. The lowest BCUT2D eigenvalue weighted by atomic mass is 10.0. The molecule has 0 aromatic heterocycles. The standard InChI is InChI=1S/C15H21ClN2O2/c1-15(2)10-18(8-4-7-17-15)14(19)12-9-11(16)5-6-13(12)20-3/h5-6,9,17H,4,7-8,10H2,1-3H3. The number of carbonyl (C=O) groups is 1. The zero-order valence-corrected chi connectivity index (χ0v) is 13.0. The summed E-state index contributed by atoms with van der Waals surface area (Å²) in [6.45, 7) is 6.54. The van der Waals surface area contributed by atoms with Crippen molar-refractivity contribution in [1.29, 1.82) is 0 Å². The van der Waals surface area contributed by atoms with Gasteiger partial charge in [-0.2, -0.15) is 0 Å². The largest absolute Gasteiger partial charge is 0.496 e. The lowest BCUT2D eigenvalue weighted by molar-refractivity contribution is 0.0729. The number of benzene rings is 1. The Morgan fingerprint density at radius 3 is 2.90 bits per heavy atom. The number of nitrogens with zero attached hydrogens (tertiary/aromatic N) is 1. The van der Waals surface area contributed by atoms with Gasteiger partial charge in [-0.15, -0.1) is 0 Å². The van der Waals surface area contributed by atoms with Crippen molar-refractivity contribution in [1.82, 2.24) is 10.2 Å². The monoisotopic (exact) mass is 296 g/mol. The molecule has 0 saturated carbocycles. The molecule has 1 heterocycles. The Morgan fingerprint density at radius 1 is 1.45 bits per heavy atom. The summed E-state index contributed by atoms with van der Waals surface area (Å²) < 4.78 is 5.27. The first-order chi connectivity index (χ1) is 9.43. The van der Waals surface area contributed by atoms with Crippen LogP contribution in [0.2, 0.25) is 5.02 Å². The first kappa shape index (κ1) is 15.1. The Balaban J connectivity index is 2.28. The minimum absolute atomic E-state index is 0.0267. The average molecular weight is 297 g/mol. The highest BCUT2D eigenvalue weighted by Gasteiger charge is 2.28. The van der Waals surface area contributed by atoms with Gasteiger partial charge in [0, 0.05) is 23.7 Å². The van der Waals surface area contributed by atoms with Gasteiger partial charge >= 0.3 is 0 Å². The molecule has 2 rings (SSSR count). The van der Waals surface area contributed by atoms with Gasteiger partial charge in [-0.25, -0.2) is 0 Å². The van der Waals surface area contributed by atoms with Crippen LogP contribution in [-0.2, 0) is 0 Å². The summed E-state index contributed by atoms with van der Waals surface area (Å²) in [6.07, 6.45) is 0.943. The molecule has 110 valence electrons. The van der Waals surface area contributed by atoms with Crippen molar-refractivity contribution in [2.75, 3.05) is 26.7 Å². The van der Waals surface area contributed by atoms with Gasteiger partial charge in [0.1, 0.15) is 5.75 Å². The van der Waals surface area contributed by atoms with Crippen molar-refractivity contribution in [2.24, 2.45) is 0 Å². The molecule has 0 bridgehead atoms. The Morgan fingerprint density at radius 2 is 2.20 bits per heavy atom. The van der Waals surface area contributed by atoms with E-state index >= 15 is 0 Å². The second-order valence-electron chi connectivity index (χ2n) is 5.74. The summed E-state index contributed by atoms with van der Waals surface area (Å²) in [6, 6.07) is 5.13. The van der Waals surface area contributed by atoms with E-state index in [1.54, 1.807) is 25.3 Å². The topological polar surface area (TPSA) is 41.6 Å². The summed E-state index contributed by atoms with van der Waals surface area (Å²) in [5.41, 5.74) is 0.440. The molecule has 1 amide bonds. The molecule has 1 aromatic rings. The highest BCUT2D eigenvalue weighted by molar-refractivity contribution is 6.31. The lowest BCUT2D eigenvalue weighted by Crippen LogP contribution is -2.48. The number of rotatable bonds is 2. The molecule has 1 aliphatic rings. The number of halogens is 1. The zero-order valence-electron chi connectivity index (χ0n) is 12.2. The van der Waals surface area contributed by atoms with E-state index < -0.39 is 0 Å². The molecule has 0 aliphatic carbocycles. The highest BCUT2D eigenvalue weighted by Crippen LogP contribution is 2.25. The smallest absolute Gasteiger partial charge is 0.257 e. The summed E-state index contributed by atoms with van der Waals surface area (Å²) in [4.78, 5) is 14.6. The number of ether oxygens (including phenoxy) is 1. The van der Waals surface area contributed by atoms with E-state index in [0.29, 0.717) is 22.9 Å². The second kappa shape index (κ2) is 6.02. The lowest BCUT2D eigenvalue weighted by Gasteiger charge is -2.30. The first-order valence-electron chi connectivity index (χ1n) is 6.81. The number of carbonyl (C=O) groups excluding carboxylic acids is 1. The van der Waals surface area contributed by atoms with Crippen molar-refractivity contribution < 1.29 is 9.53 Å². The normalized spacial score (nSPS) is 18.5. The zero-order chi connectivity index (χ0) is 14.8. The SMILES string of the molecule is COc1ccc(Cl)cc1C(=O)N1CCCNC(C)(C)C1. The third-order valence-corrected chi connectivity index (χ3v) is 3.71. The summed E-state index contributed by atoms with van der Waals surface area (Å²) in [5, 5.41) is 3.99. The molecule has 1 N–H and O–H groups in total. The van der Waals surface area contributed by atoms with Crippen molar-refractivity contribution in [3.8, 4) is 5.75 Å². The van der Waals surface area contributed by atoms with Crippen LogP contribution >= 0.6 is 11.6 Å². The molecule has 20 heavy (non-hydrogen) atoms. The van der Waals surface area contributed by atoms with E-state index in [1.807, 2.05) is 4.90 Å². The van der Waals surface area contributed by atoms with E-state index in [1.165, 1.54) is 0 Å². The minimum Gasteiger partial charge on any atom is -0.496 e. The highest BCUT2D eigenvalue weighted by atomic mass is 35.5. The van der Waals surface area contributed by atoms with Crippen molar-refractivity contribution in [3.05, 3.63) is 28.8 Å². The Bertz CT molecular complexity index is 503. The van der Waals surface area contributed by atoms with Crippen LogP contribution in [0.1, 0.15) is 30.6 Å². The predicted molar refractivity (Wildman–Crippen MR) is 80.6 cm³/mol. The maximum Gasteiger partial charge on any atom is 0.257 e. The second-order valence-corrected chi connectivity index (χ2v) is 6.17. The molecule has 1 fully saturated rings. The fourth-order valence-corrected chi connectivity index (χ4v) is 2.67. The molecular formula is C15H21ClN2O2. The molecule has 1 aliphatic heterocycles. The van der Waals surface area contributed by atoms with Crippen LogP contribution in [0.25, 0.3) is 0 Å². The van der Waals surface area contributed by atoms with Crippen LogP contribution in [0.4, 0.5) is 0 Å². The maximum atomic E-state index is 12.7. The first-order valence-corrected chi connectivity index (χ1v) is 7.18. The number of nitrogens with one attached hydrogen (secondary N) is 1.